The average Bonchev–Trinajstić information content (AvgIpc) is 2.05. The fraction of sp³-hybridized carbons (Fsp3) is 0.900. The van der Waals surface area contributed by atoms with Crippen LogP contribution in [0.25, 0.3) is 0 Å². The van der Waals surface area contributed by atoms with Gasteiger partial charge in [0, 0.05) is 6.92 Å². The maximum Gasteiger partial charge on any atom is 0.156 e. The fourth-order valence-electron chi connectivity index (χ4n) is 1.13. The highest BCUT2D eigenvalue weighted by Crippen LogP contribution is 2.12. The van der Waals surface area contributed by atoms with Gasteiger partial charge in [-0.3, -0.25) is 0 Å². The van der Waals surface area contributed by atoms with Gasteiger partial charge in [-0.05, 0) is 24.6 Å². The summed E-state index contributed by atoms with van der Waals surface area (Å²) in [5, 5.41) is 0.671. The van der Waals surface area contributed by atoms with Crippen LogP contribution in [0.5, 0.6) is 0 Å². The minimum Gasteiger partial charge on any atom is -0.487 e. The Balaban J connectivity index is 3.45. The van der Waals surface area contributed by atoms with Crippen molar-refractivity contribution in [3.63, 3.8) is 0 Å². The third-order valence-corrected chi connectivity index (χ3v) is 2.18. The molecule has 0 fully saturated rings. The van der Waals surface area contributed by atoms with E-state index in [1.54, 1.807) is 0 Å². The summed E-state index contributed by atoms with van der Waals surface area (Å²) in [5.74, 6) is 0.697. The SMILES string of the molecule is CCCCC(CC)COC(C)=S. The number of hydrogen-bond donors (Lipinski definition) is 0. The Kier molecular flexibility index (Phi) is 7.47. The third kappa shape index (κ3) is 6.59. The van der Waals surface area contributed by atoms with Gasteiger partial charge < -0.3 is 4.74 Å². The van der Waals surface area contributed by atoms with E-state index in [-0.39, 0.29) is 0 Å². The van der Waals surface area contributed by atoms with Gasteiger partial charge in [0.2, 0.25) is 0 Å². The van der Waals surface area contributed by atoms with Crippen LogP contribution in [0.3, 0.4) is 0 Å². The van der Waals surface area contributed by atoms with Crippen molar-refractivity contribution in [1.82, 2.24) is 0 Å². The summed E-state index contributed by atoms with van der Waals surface area (Å²) < 4.78 is 5.32. The molecule has 0 aliphatic carbocycles. The monoisotopic (exact) mass is 188 g/mol. The lowest BCUT2D eigenvalue weighted by Crippen LogP contribution is -2.10. The second-order valence-corrected chi connectivity index (χ2v) is 3.79. The van der Waals surface area contributed by atoms with E-state index in [0.717, 1.165) is 6.61 Å². The molecule has 0 aromatic heterocycles. The molecule has 0 N–H and O–H groups in total. The van der Waals surface area contributed by atoms with Crippen molar-refractivity contribution in [1.29, 1.82) is 0 Å². The van der Waals surface area contributed by atoms with E-state index in [1.165, 1.54) is 25.7 Å². The summed E-state index contributed by atoms with van der Waals surface area (Å²) in [6.07, 6.45) is 5.05. The molecule has 1 unspecified atom stereocenters. The molecule has 0 aromatic carbocycles. The second kappa shape index (κ2) is 7.53. The van der Waals surface area contributed by atoms with Crippen molar-refractivity contribution in [2.75, 3.05) is 6.61 Å². The molecule has 0 aromatic rings. The quantitative estimate of drug-likeness (QED) is 0.589. The van der Waals surface area contributed by atoms with Crippen molar-refractivity contribution in [3.8, 4) is 0 Å². The summed E-state index contributed by atoms with van der Waals surface area (Å²) in [4.78, 5) is 0. The van der Waals surface area contributed by atoms with Gasteiger partial charge in [0.25, 0.3) is 0 Å². The maximum absolute atomic E-state index is 5.32. The molecule has 0 saturated carbocycles. The number of rotatable bonds is 6. The van der Waals surface area contributed by atoms with Crippen LogP contribution in [0.4, 0.5) is 0 Å². The molecule has 2 heteroatoms. The molecule has 0 radical (unpaired) electrons. The number of thiocarbonyl (C=S) groups is 1. The van der Waals surface area contributed by atoms with Crippen molar-refractivity contribution >= 4 is 17.3 Å². The Bertz CT molecular complexity index is 123. The molecule has 0 spiro atoms. The topological polar surface area (TPSA) is 9.23 Å². The van der Waals surface area contributed by atoms with Crippen LogP contribution in [-0.2, 0) is 4.74 Å². The van der Waals surface area contributed by atoms with Crippen molar-refractivity contribution in [2.24, 2.45) is 5.92 Å². The molecule has 0 aliphatic rings. The first-order valence-electron chi connectivity index (χ1n) is 4.84. The van der Waals surface area contributed by atoms with Gasteiger partial charge in [-0.2, -0.15) is 0 Å². The normalized spacial score (nSPS) is 12.6. The van der Waals surface area contributed by atoms with E-state index in [4.69, 9.17) is 17.0 Å². The Labute approximate surface area is 81.5 Å². The first-order valence-corrected chi connectivity index (χ1v) is 5.24. The second-order valence-electron chi connectivity index (χ2n) is 3.22. The zero-order valence-corrected chi connectivity index (χ0v) is 9.25. The van der Waals surface area contributed by atoms with Gasteiger partial charge in [0.15, 0.2) is 5.05 Å². The van der Waals surface area contributed by atoms with Crippen LogP contribution in [0, 0.1) is 5.92 Å². The molecule has 1 atom stereocenters. The standard InChI is InChI=1S/C10H20OS/c1-4-6-7-10(5-2)8-11-9(3)12/h10H,4-8H2,1-3H3. The van der Waals surface area contributed by atoms with Crippen LogP contribution in [0.1, 0.15) is 46.5 Å². The van der Waals surface area contributed by atoms with E-state index >= 15 is 0 Å². The average molecular weight is 188 g/mol. The zero-order valence-electron chi connectivity index (χ0n) is 8.43. The van der Waals surface area contributed by atoms with E-state index in [0.29, 0.717) is 11.0 Å². The van der Waals surface area contributed by atoms with Gasteiger partial charge in [-0.1, -0.05) is 33.1 Å². The minimum atomic E-state index is 0.671. The highest BCUT2D eigenvalue weighted by Gasteiger charge is 2.05. The van der Waals surface area contributed by atoms with Gasteiger partial charge in [0.05, 0.1) is 6.61 Å². The predicted octanol–water partition coefficient (Wildman–Crippen LogP) is 3.57. The number of unbranched alkanes of at least 4 members (excludes halogenated alkanes) is 1. The van der Waals surface area contributed by atoms with Crippen LogP contribution >= 0.6 is 12.2 Å². The molecular formula is C10H20OS. The lowest BCUT2D eigenvalue weighted by molar-refractivity contribution is 0.226. The van der Waals surface area contributed by atoms with Crippen molar-refractivity contribution < 1.29 is 4.74 Å². The summed E-state index contributed by atoms with van der Waals surface area (Å²) in [5.41, 5.74) is 0. The third-order valence-electron chi connectivity index (χ3n) is 2.07. The molecule has 0 saturated heterocycles. The molecule has 0 heterocycles. The number of ether oxygens (including phenoxy) is 1. The lowest BCUT2D eigenvalue weighted by Gasteiger charge is -2.14. The van der Waals surface area contributed by atoms with Gasteiger partial charge in [-0.25, -0.2) is 0 Å². The molecule has 0 rings (SSSR count). The van der Waals surface area contributed by atoms with Gasteiger partial charge in [0.1, 0.15) is 0 Å². The molecule has 0 aliphatic heterocycles. The van der Waals surface area contributed by atoms with E-state index < -0.39 is 0 Å². The van der Waals surface area contributed by atoms with Gasteiger partial charge >= 0.3 is 0 Å². The van der Waals surface area contributed by atoms with E-state index in [2.05, 4.69) is 13.8 Å². The minimum absolute atomic E-state index is 0.671. The van der Waals surface area contributed by atoms with Crippen LogP contribution in [0.2, 0.25) is 0 Å². The highest BCUT2D eigenvalue weighted by atomic mass is 32.1. The number of hydrogen-bond acceptors (Lipinski definition) is 2. The summed E-state index contributed by atoms with van der Waals surface area (Å²) in [7, 11) is 0. The van der Waals surface area contributed by atoms with Crippen molar-refractivity contribution in [3.05, 3.63) is 0 Å². The summed E-state index contributed by atoms with van der Waals surface area (Å²) in [6, 6.07) is 0. The molecule has 1 nitrogen and oxygen atoms in total. The summed E-state index contributed by atoms with van der Waals surface area (Å²) >= 11 is 4.85. The van der Waals surface area contributed by atoms with Crippen LogP contribution < -0.4 is 0 Å². The Morgan fingerprint density at radius 2 is 2.08 bits per heavy atom. The molecule has 0 amide bonds. The van der Waals surface area contributed by atoms with Crippen molar-refractivity contribution in [2.45, 2.75) is 46.5 Å². The van der Waals surface area contributed by atoms with E-state index in [9.17, 15) is 0 Å². The first kappa shape index (κ1) is 11.9. The largest absolute Gasteiger partial charge is 0.487 e. The predicted molar refractivity (Wildman–Crippen MR) is 57.5 cm³/mol. The lowest BCUT2D eigenvalue weighted by atomic mass is 10.0. The molecule has 72 valence electrons. The van der Waals surface area contributed by atoms with E-state index in [1.807, 2.05) is 6.92 Å². The Morgan fingerprint density at radius 1 is 1.42 bits per heavy atom. The Hall–Kier alpha value is -0.110. The van der Waals surface area contributed by atoms with Gasteiger partial charge in [-0.15, -0.1) is 0 Å². The maximum atomic E-state index is 5.32. The first-order chi connectivity index (χ1) is 5.70. The fourth-order valence-corrected chi connectivity index (χ4v) is 1.20. The summed E-state index contributed by atoms with van der Waals surface area (Å²) in [6.45, 7) is 7.08. The Morgan fingerprint density at radius 3 is 2.50 bits per heavy atom. The molecular weight excluding hydrogens is 168 g/mol. The molecule has 12 heavy (non-hydrogen) atoms. The molecule has 0 bridgehead atoms. The highest BCUT2D eigenvalue weighted by molar-refractivity contribution is 7.80. The zero-order chi connectivity index (χ0) is 9.40. The smallest absolute Gasteiger partial charge is 0.156 e. The van der Waals surface area contributed by atoms with Crippen LogP contribution in [0.15, 0.2) is 0 Å². The van der Waals surface area contributed by atoms with Crippen LogP contribution in [-0.4, -0.2) is 11.7 Å².